The van der Waals surface area contributed by atoms with Gasteiger partial charge in [-0.25, -0.2) is 9.97 Å². The molecule has 1 atom stereocenters. The van der Waals surface area contributed by atoms with Gasteiger partial charge in [0.25, 0.3) is 5.91 Å². The van der Waals surface area contributed by atoms with Gasteiger partial charge in [0.2, 0.25) is 17.7 Å². The SMILES string of the molecule is COc1ccc(NC(=O)C2(C)Cc3c(-c4ccc(C(N)=O)cc4)ccnc3O2)cn1. The maximum absolute atomic E-state index is 13.0. The van der Waals surface area contributed by atoms with Crippen molar-refractivity contribution in [2.75, 3.05) is 12.4 Å². The number of anilines is 1. The van der Waals surface area contributed by atoms with Crippen LogP contribution in [0.3, 0.4) is 0 Å². The molecule has 0 saturated carbocycles. The standard InChI is InChI=1S/C22H20N4O4/c1-22(21(28)26-15-7-8-18(29-2)25-12-15)11-17-16(9-10-24-20(17)30-22)13-3-5-14(6-4-13)19(23)27/h3-10,12H,11H2,1-2H3,(H2,23,27)(H,26,28). The van der Waals surface area contributed by atoms with Crippen LogP contribution >= 0.6 is 0 Å². The number of methoxy groups -OCH3 is 1. The second-order valence-corrected chi connectivity index (χ2v) is 7.14. The van der Waals surface area contributed by atoms with Gasteiger partial charge in [0.1, 0.15) is 0 Å². The Hall–Kier alpha value is -3.94. The van der Waals surface area contributed by atoms with Crippen molar-refractivity contribution >= 4 is 17.5 Å². The van der Waals surface area contributed by atoms with Crippen molar-refractivity contribution in [3.05, 3.63) is 66.0 Å². The van der Waals surface area contributed by atoms with Crippen molar-refractivity contribution in [3.63, 3.8) is 0 Å². The summed E-state index contributed by atoms with van der Waals surface area (Å²) in [4.78, 5) is 32.7. The van der Waals surface area contributed by atoms with Crippen molar-refractivity contribution in [2.45, 2.75) is 18.9 Å². The lowest BCUT2D eigenvalue weighted by molar-refractivity contribution is -0.128. The number of fused-ring (bicyclic) bond motifs is 1. The molecule has 0 aliphatic carbocycles. The Labute approximate surface area is 173 Å². The monoisotopic (exact) mass is 404 g/mol. The van der Waals surface area contributed by atoms with Crippen LogP contribution in [0.5, 0.6) is 11.8 Å². The molecule has 0 bridgehead atoms. The number of hydrogen-bond acceptors (Lipinski definition) is 6. The highest BCUT2D eigenvalue weighted by atomic mass is 16.5. The maximum atomic E-state index is 13.0. The number of nitrogens with one attached hydrogen (secondary N) is 1. The fourth-order valence-corrected chi connectivity index (χ4v) is 3.37. The number of rotatable bonds is 5. The van der Waals surface area contributed by atoms with E-state index >= 15 is 0 Å². The lowest BCUT2D eigenvalue weighted by Crippen LogP contribution is -2.44. The van der Waals surface area contributed by atoms with Gasteiger partial charge < -0.3 is 20.5 Å². The number of carbonyl (C=O) groups excluding carboxylic acids is 2. The molecule has 3 aromatic rings. The van der Waals surface area contributed by atoms with Gasteiger partial charge in [0.15, 0.2) is 5.60 Å². The van der Waals surface area contributed by atoms with Gasteiger partial charge in [-0.15, -0.1) is 0 Å². The summed E-state index contributed by atoms with van der Waals surface area (Å²) in [6.07, 6.45) is 3.50. The summed E-state index contributed by atoms with van der Waals surface area (Å²) < 4.78 is 11.0. The Bertz CT molecular complexity index is 1110. The van der Waals surface area contributed by atoms with Gasteiger partial charge in [-0.1, -0.05) is 12.1 Å². The van der Waals surface area contributed by atoms with Crippen LogP contribution < -0.4 is 20.5 Å². The molecule has 0 spiro atoms. The van der Waals surface area contributed by atoms with Crippen LogP contribution in [0.15, 0.2) is 54.9 Å². The number of amides is 2. The zero-order valence-electron chi connectivity index (χ0n) is 16.5. The molecule has 1 unspecified atom stereocenters. The molecule has 0 saturated heterocycles. The third kappa shape index (κ3) is 3.55. The topological polar surface area (TPSA) is 116 Å². The van der Waals surface area contributed by atoms with E-state index in [-0.39, 0.29) is 5.91 Å². The van der Waals surface area contributed by atoms with Gasteiger partial charge in [-0.2, -0.15) is 0 Å². The van der Waals surface area contributed by atoms with Gasteiger partial charge >= 0.3 is 0 Å². The van der Waals surface area contributed by atoms with Crippen LogP contribution in [-0.4, -0.2) is 34.5 Å². The molecule has 4 rings (SSSR count). The number of hydrogen-bond donors (Lipinski definition) is 2. The quantitative estimate of drug-likeness (QED) is 0.675. The minimum atomic E-state index is -1.13. The fraction of sp³-hybridized carbons (Fsp3) is 0.182. The number of nitrogens with two attached hydrogens (primary N) is 1. The molecule has 3 heterocycles. The summed E-state index contributed by atoms with van der Waals surface area (Å²) in [6.45, 7) is 1.72. The molecular formula is C22H20N4O4. The molecule has 152 valence electrons. The summed E-state index contributed by atoms with van der Waals surface area (Å²) in [6, 6.07) is 12.2. The van der Waals surface area contributed by atoms with Crippen molar-refractivity contribution in [3.8, 4) is 22.9 Å². The van der Waals surface area contributed by atoms with E-state index in [0.717, 1.165) is 16.7 Å². The molecule has 1 aliphatic rings. The Morgan fingerprint density at radius 1 is 1.13 bits per heavy atom. The highest BCUT2D eigenvalue weighted by Crippen LogP contribution is 2.40. The predicted molar refractivity (Wildman–Crippen MR) is 110 cm³/mol. The van der Waals surface area contributed by atoms with E-state index in [0.29, 0.717) is 29.4 Å². The van der Waals surface area contributed by atoms with E-state index in [9.17, 15) is 9.59 Å². The van der Waals surface area contributed by atoms with E-state index in [2.05, 4.69) is 15.3 Å². The highest BCUT2D eigenvalue weighted by Gasteiger charge is 2.44. The Balaban J connectivity index is 1.58. The molecule has 8 heteroatoms. The van der Waals surface area contributed by atoms with Crippen molar-refractivity contribution in [1.29, 1.82) is 0 Å². The molecule has 2 amide bonds. The van der Waals surface area contributed by atoms with Gasteiger partial charge in [0.05, 0.1) is 19.0 Å². The predicted octanol–water partition coefficient (Wildman–Crippen LogP) is 2.58. The first-order chi connectivity index (χ1) is 14.4. The third-order valence-electron chi connectivity index (χ3n) is 5.02. The second kappa shape index (κ2) is 7.47. The number of aromatic nitrogens is 2. The van der Waals surface area contributed by atoms with E-state index in [1.54, 1.807) is 37.4 Å². The first-order valence-corrected chi connectivity index (χ1v) is 9.28. The average Bonchev–Trinajstić information content (AvgIpc) is 3.12. The van der Waals surface area contributed by atoms with Crippen LogP contribution in [0, 0.1) is 0 Å². The van der Waals surface area contributed by atoms with Crippen LogP contribution in [0.2, 0.25) is 0 Å². The minimum Gasteiger partial charge on any atom is -0.481 e. The molecule has 0 radical (unpaired) electrons. The van der Waals surface area contributed by atoms with Gasteiger partial charge in [0, 0.05) is 29.8 Å². The summed E-state index contributed by atoms with van der Waals surface area (Å²) in [7, 11) is 1.53. The Morgan fingerprint density at radius 2 is 1.90 bits per heavy atom. The van der Waals surface area contributed by atoms with Crippen LogP contribution in [0.1, 0.15) is 22.8 Å². The summed E-state index contributed by atoms with van der Waals surface area (Å²) >= 11 is 0. The molecule has 3 N–H and O–H groups in total. The zero-order chi connectivity index (χ0) is 21.3. The maximum Gasteiger partial charge on any atom is 0.268 e. The Morgan fingerprint density at radius 3 is 2.53 bits per heavy atom. The number of carbonyl (C=O) groups is 2. The van der Waals surface area contributed by atoms with E-state index < -0.39 is 11.5 Å². The number of ether oxygens (including phenoxy) is 2. The summed E-state index contributed by atoms with van der Waals surface area (Å²) in [5, 5.41) is 2.83. The van der Waals surface area contributed by atoms with Gasteiger partial charge in [-0.05, 0) is 42.3 Å². The van der Waals surface area contributed by atoms with E-state index in [1.807, 2.05) is 18.2 Å². The summed E-state index contributed by atoms with van der Waals surface area (Å²) in [5.74, 6) is 0.0847. The first kappa shape index (κ1) is 19.4. The first-order valence-electron chi connectivity index (χ1n) is 9.28. The lowest BCUT2D eigenvalue weighted by atomic mass is 9.93. The van der Waals surface area contributed by atoms with Crippen LogP contribution in [0.25, 0.3) is 11.1 Å². The zero-order valence-corrected chi connectivity index (χ0v) is 16.5. The lowest BCUT2D eigenvalue weighted by Gasteiger charge is -2.22. The van der Waals surface area contributed by atoms with Crippen molar-refractivity contribution < 1.29 is 19.1 Å². The molecule has 30 heavy (non-hydrogen) atoms. The molecular weight excluding hydrogens is 384 g/mol. The normalized spacial score (nSPS) is 17.0. The van der Waals surface area contributed by atoms with Crippen LogP contribution in [-0.2, 0) is 11.2 Å². The average molecular weight is 404 g/mol. The smallest absolute Gasteiger partial charge is 0.268 e. The number of benzene rings is 1. The molecule has 1 aliphatic heterocycles. The summed E-state index contributed by atoms with van der Waals surface area (Å²) in [5.41, 5.74) is 7.75. The fourth-order valence-electron chi connectivity index (χ4n) is 3.37. The highest BCUT2D eigenvalue weighted by molar-refractivity contribution is 5.98. The van der Waals surface area contributed by atoms with Crippen molar-refractivity contribution in [2.24, 2.45) is 5.73 Å². The molecule has 2 aromatic heterocycles. The number of primary amides is 1. The minimum absolute atomic E-state index is 0.303. The number of nitrogens with zero attached hydrogens (tertiary/aromatic N) is 2. The van der Waals surface area contributed by atoms with E-state index in [1.165, 1.54) is 13.3 Å². The van der Waals surface area contributed by atoms with Gasteiger partial charge in [-0.3, -0.25) is 9.59 Å². The number of pyridine rings is 2. The third-order valence-corrected chi connectivity index (χ3v) is 5.02. The second-order valence-electron chi connectivity index (χ2n) is 7.14. The molecule has 8 nitrogen and oxygen atoms in total. The molecule has 0 fully saturated rings. The van der Waals surface area contributed by atoms with Crippen molar-refractivity contribution in [1.82, 2.24) is 9.97 Å². The Kier molecular flexibility index (Phi) is 4.83. The largest absolute Gasteiger partial charge is 0.481 e. The van der Waals surface area contributed by atoms with E-state index in [4.69, 9.17) is 15.2 Å². The van der Waals surface area contributed by atoms with Crippen LogP contribution in [0.4, 0.5) is 5.69 Å². The molecule has 1 aromatic carbocycles.